The smallest absolute Gasteiger partial charge is 0.318 e. The third kappa shape index (κ3) is 5.37. The quantitative estimate of drug-likeness (QED) is 0.369. The van der Waals surface area contributed by atoms with Crippen LogP contribution in [0.3, 0.4) is 0 Å². The molecule has 0 unspecified atom stereocenters. The van der Waals surface area contributed by atoms with Crippen LogP contribution in [0.5, 0.6) is 5.75 Å². The van der Waals surface area contributed by atoms with Crippen molar-refractivity contribution in [3.63, 3.8) is 0 Å². The maximum atomic E-state index is 12.8. The molecular formula is C29H32ClNO4. The van der Waals surface area contributed by atoms with Gasteiger partial charge in [0.05, 0.1) is 17.7 Å². The molecule has 1 aliphatic heterocycles. The molecule has 2 N–H and O–H groups in total. The van der Waals surface area contributed by atoms with Gasteiger partial charge >= 0.3 is 5.97 Å². The summed E-state index contributed by atoms with van der Waals surface area (Å²) in [6, 6.07) is 24.2. The third-order valence-electron chi connectivity index (χ3n) is 7.21. The first-order chi connectivity index (χ1) is 16.7. The van der Waals surface area contributed by atoms with Crippen molar-refractivity contribution in [3.8, 4) is 5.75 Å². The molecular weight excluding hydrogens is 462 g/mol. The first-order valence-corrected chi connectivity index (χ1v) is 12.3. The number of benzene rings is 3. The molecule has 5 nitrogen and oxygen atoms in total. The van der Waals surface area contributed by atoms with Gasteiger partial charge in [-0.15, -0.1) is 0 Å². The largest absolute Gasteiger partial charge is 0.506 e. The number of aliphatic carboxylic acids is 1. The normalized spacial score (nSPS) is 15.1. The summed E-state index contributed by atoms with van der Waals surface area (Å²) in [4.78, 5) is 15.2. The maximum Gasteiger partial charge on any atom is 0.318 e. The Labute approximate surface area is 211 Å². The van der Waals surface area contributed by atoms with E-state index in [4.69, 9.17) is 16.3 Å². The lowest BCUT2D eigenvalue weighted by atomic mass is 9.69. The van der Waals surface area contributed by atoms with Crippen molar-refractivity contribution in [2.45, 2.75) is 50.4 Å². The number of phenols is 1. The number of ether oxygens (including phenoxy) is 1. The minimum atomic E-state index is -1.11. The Morgan fingerprint density at radius 2 is 1.54 bits per heavy atom. The van der Waals surface area contributed by atoms with Gasteiger partial charge in [0.2, 0.25) is 0 Å². The molecule has 0 radical (unpaired) electrons. The molecule has 0 aliphatic carbocycles. The molecule has 4 rings (SSSR count). The molecule has 184 valence electrons. The first-order valence-electron chi connectivity index (χ1n) is 11.9. The molecule has 35 heavy (non-hydrogen) atoms. The van der Waals surface area contributed by atoms with Crippen molar-refractivity contribution >= 4 is 17.6 Å². The summed E-state index contributed by atoms with van der Waals surface area (Å²) in [7, 11) is 0. The van der Waals surface area contributed by atoms with Crippen LogP contribution < -0.4 is 0 Å². The minimum absolute atomic E-state index is 0.0582. The monoisotopic (exact) mass is 493 g/mol. The van der Waals surface area contributed by atoms with Gasteiger partial charge < -0.3 is 14.9 Å². The highest BCUT2D eigenvalue weighted by Gasteiger charge is 2.45. The molecule has 0 aromatic heterocycles. The van der Waals surface area contributed by atoms with Crippen LogP contribution in [0.15, 0.2) is 78.9 Å². The number of carboxylic acid groups (broad SMARTS) is 1. The van der Waals surface area contributed by atoms with Gasteiger partial charge in [0.1, 0.15) is 11.2 Å². The molecule has 1 heterocycles. The molecule has 0 atom stereocenters. The van der Waals surface area contributed by atoms with Crippen LogP contribution in [0.2, 0.25) is 5.02 Å². The summed E-state index contributed by atoms with van der Waals surface area (Å²) in [6.45, 7) is 6.31. The topological polar surface area (TPSA) is 70.0 Å². The molecule has 1 fully saturated rings. The summed E-state index contributed by atoms with van der Waals surface area (Å²) < 4.78 is 6.02. The highest BCUT2D eigenvalue weighted by Crippen LogP contribution is 2.40. The number of halogens is 1. The molecule has 3 aromatic carbocycles. The van der Waals surface area contributed by atoms with Crippen LogP contribution in [-0.4, -0.2) is 45.8 Å². The zero-order chi connectivity index (χ0) is 25.1. The number of rotatable bonds is 10. The number of carbonyl (C=O) groups is 1. The van der Waals surface area contributed by atoms with Gasteiger partial charge in [-0.25, -0.2) is 0 Å². The van der Waals surface area contributed by atoms with Gasteiger partial charge in [-0.3, -0.25) is 9.69 Å². The van der Waals surface area contributed by atoms with Crippen LogP contribution in [0.4, 0.5) is 0 Å². The van der Waals surface area contributed by atoms with Crippen molar-refractivity contribution in [1.29, 1.82) is 0 Å². The number of carboxylic acids is 1. The molecule has 0 amide bonds. The summed E-state index contributed by atoms with van der Waals surface area (Å²) in [5.74, 6) is -0.774. The van der Waals surface area contributed by atoms with Gasteiger partial charge in [-0.05, 0) is 55.5 Å². The lowest BCUT2D eigenvalue weighted by Crippen LogP contribution is -2.61. The van der Waals surface area contributed by atoms with E-state index in [1.54, 1.807) is 12.1 Å². The van der Waals surface area contributed by atoms with Gasteiger partial charge in [-0.2, -0.15) is 0 Å². The van der Waals surface area contributed by atoms with Crippen molar-refractivity contribution in [3.05, 3.63) is 101 Å². The molecule has 6 heteroatoms. The summed E-state index contributed by atoms with van der Waals surface area (Å²) >= 11 is 5.88. The van der Waals surface area contributed by atoms with Gasteiger partial charge in [0.25, 0.3) is 0 Å². The zero-order valence-electron chi connectivity index (χ0n) is 20.2. The Kier molecular flexibility index (Phi) is 7.50. The zero-order valence-corrected chi connectivity index (χ0v) is 20.9. The number of aromatic hydroxyl groups is 1. The Balaban J connectivity index is 1.42. The predicted octanol–water partition coefficient (Wildman–Crippen LogP) is 5.88. The summed E-state index contributed by atoms with van der Waals surface area (Å²) in [5, 5.41) is 20.6. The van der Waals surface area contributed by atoms with Crippen LogP contribution in [-0.2, 0) is 21.6 Å². The lowest BCUT2D eigenvalue weighted by molar-refractivity contribution is -0.143. The first kappa shape index (κ1) is 25.2. The highest BCUT2D eigenvalue weighted by molar-refractivity contribution is 6.32. The molecule has 0 bridgehead atoms. The average molecular weight is 494 g/mol. The maximum absolute atomic E-state index is 12.8. The SMILES string of the molecule is CC(C)(CCC(C(=O)O)(c1ccccc1)c1ccccc1)N1CC(OCc2ccc(Cl)c(O)c2)C1. The van der Waals surface area contributed by atoms with Crippen LogP contribution >= 0.6 is 11.6 Å². The van der Waals surface area contributed by atoms with Crippen LogP contribution in [0.25, 0.3) is 0 Å². The van der Waals surface area contributed by atoms with E-state index in [9.17, 15) is 15.0 Å². The molecule has 3 aromatic rings. The number of hydrogen-bond donors (Lipinski definition) is 2. The van der Waals surface area contributed by atoms with Crippen molar-refractivity contribution in [2.24, 2.45) is 0 Å². The average Bonchev–Trinajstić information content (AvgIpc) is 2.82. The van der Waals surface area contributed by atoms with E-state index in [0.29, 0.717) is 24.5 Å². The van der Waals surface area contributed by atoms with E-state index >= 15 is 0 Å². The van der Waals surface area contributed by atoms with E-state index in [-0.39, 0.29) is 17.4 Å². The second-order valence-electron chi connectivity index (χ2n) is 9.88. The number of likely N-dealkylation sites (tertiary alicyclic amines) is 1. The fourth-order valence-corrected chi connectivity index (χ4v) is 4.92. The Bertz CT molecular complexity index is 1100. The molecule has 0 spiro atoms. The second kappa shape index (κ2) is 10.4. The van der Waals surface area contributed by atoms with E-state index in [1.165, 1.54) is 0 Å². The van der Waals surface area contributed by atoms with Gasteiger partial charge in [-0.1, -0.05) is 78.3 Å². The van der Waals surface area contributed by atoms with Gasteiger partial charge in [0.15, 0.2) is 0 Å². The van der Waals surface area contributed by atoms with E-state index in [0.717, 1.165) is 29.8 Å². The Morgan fingerprint density at radius 1 is 0.971 bits per heavy atom. The lowest BCUT2D eigenvalue weighted by Gasteiger charge is -2.50. The summed E-state index contributed by atoms with van der Waals surface area (Å²) in [6.07, 6.45) is 1.29. The second-order valence-corrected chi connectivity index (χ2v) is 10.3. The number of nitrogens with zero attached hydrogens (tertiary/aromatic N) is 1. The van der Waals surface area contributed by atoms with E-state index < -0.39 is 11.4 Å². The van der Waals surface area contributed by atoms with Crippen molar-refractivity contribution < 1.29 is 19.7 Å². The Morgan fingerprint density at radius 3 is 2.06 bits per heavy atom. The molecule has 1 aliphatic rings. The number of hydrogen-bond acceptors (Lipinski definition) is 4. The van der Waals surface area contributed by atoms with Crippen LogP contribution in [0, 0.1) is 0 Å². The standard InChI is InChI=1S/C29H32ClNO4/c1-28(2,31-18-24(19-31)35-20-21-13-14-25(30)26(32)17-21)15-16-29(27(33)34,22-9-5-3-6-10-22)23-11-7-4-8-12-23/h3-14,17,24,32H,15-16,18-20H2,1-2H3,(H,33,34). The summed E-state index contributed by atoms with van der Waals surface area (Å²) in [5.41, 5.74) is 1.16. The number of phenolic OH excluding ortho intramolecular Hbond substituents is 1. The fraction of sp³-hybridized carbons (Fsp3) is 0.345. The Hall–Kier alpha value is -2.86. The van der Waals surface area contributed by atoms with E-state index in [1.807, 2.05) is 66.7 Å². The third-order valence-corrected chi connectivity index (χ3v) is 7.53. The van der Waals surface area contributed by atoms with Crippen molar-refractivity contribution in [2.75, 3.05) is 13.1 Å². The van der Waals surface area contributed by atoms with Gasteiger partial charge in [0, 0.05) is 18.6 Å². The minimum Gasteiger partial charge on any atom is -0.506 e. The van der Waals surface area contributed by atoms with E-state index in [2.05, 4.69) is 18.7 Å². The highest BCUT2D eigenvalue weighted by atomic mass is 35.5. The van der Waals surface area contributed by atoms with Crippen molar-refractivity contribution in [1.82, 2.24) is 4.90 Å². The molecule has 1 saturated heterocycles. The fourth-order valence-electron chi connectivity index (χ4n) is 4.81. The molecule has 0 saturated carbocycles. The predicted molar refractivity (Wildman–Crippen MR) is 138 cm³/mol. The van der Waals surface area contributed by atoms with Crippen LogP contribution in [0.1, 0.15) is 43.4 Å².